The van der Waals surface area contributed by atoms with Crippen molar-refractivity contribution in [2.75, 3.05) is 0 Å². The van der Waals surface area contributed by atoms with Crippen LogP contribution < -0.4 is 0 Å². The molecule has 1 aromatic rings. The molecular formula is C16H23ClO. The van der Waals surface area contributed by atoms with Gasteiger partial charge in [0.1, 0.15) is 0 Å². The van der Waals surface area contributed by atoms with Crippen LogP contribution in [0, 0.1) is 11.3 Å². The van der Waals surface area contributed by atoms with Gasteiger partial charge in [-0.15, -0.1) is 11.6 Å². The first-order valence-electron chi connectivity index (χ1n) is 6.71. The van der Waals surface area contributed by atoms with E-state index < -0.39 is 0 Å². The maximum absolute atomic E-state index is 6.57. The van der Waals surface area contributed by atoms with Crippen molar-refractivity contribution in [1.82, 2.24) is 0 Å². The largest absolute Gasteiger partial charge is 0.372 e. The first-order chi connectivity index (χ1) is 8.38. The van der Waals surface area contributed by atoms with Crippen molar-refractivity contribution in [3.05, 3.63) is 34.9 Å². The standard InChI is InChI=1S/C16H23ClO/c1-11(16(2,3)4)7-15(17)12-5-6-13-9-18-10-14(13)8-12/h5-6,8,11,15H,7,9-10H2,1-4H3. The van der Waals surface area contributed by atoms with E-state index in [2.05, 4.69) is 45.9 Å². The lowest BCUT2D eigenvalue weighted by molar-refractivity contribution is 0.134. The van der Waals surface area contributed by atoms with Gasteiger partial charge in [-0.2, -0.15) is 0 Å². The first-order valence-corrected chi connectivity index (χ1v) is 7.15. The molecule has 0 saturated carbocycles. The normalized spacial score (nSPS) is 18.5. The molecule has 1 aliphatic rings. The maximum atomic E-state index is 6.57. The summed E-state index contributed by atoms with van der Waals surface area (Å²) in [6.07, 6.45) is 1.02. The van der Waals surface area contributed by atoms with E-state index in [1.807, 2.05) is 0 Å². The van der Waals surface area contributed by atoms with Crippen molar-refractivity contribution in [2.24, 2.45) is 11.3 Å². The lowest BCUT2D eigenvalue weighted by atomic mass is 9.79. The molecule has 1 nitrogen and oxygen atoms in total. The Hall–Kier alpha value is -0.530. The van der Waals surface area contributed by atoms with Crippen LogP contribution in [0.2, 0.25) is 0 Å². The van der Waals surface area contributed by atoms with Crippen LogP contribution in [0.5, 0.6) is 0 Å². The van der Waals surface area contributed by atoms with Crippen molar-refractivity contribution < 1.29 is 4.74 Å². The quantitative estimate of drug-likeness (QED) is 0.694. The highest BCUT2D eigenvalue weighted by Gasteiger charge is 2.24. The summed E-state index contributed by atoms with van der Waals surface area (Å²) in [5, 5.41) is 0.102. The van der Waals surface area contributed by atoms with Gasteiger partial charge in [-0.25, -0.2) is 0 Å². The lowest BCUT2D eigenvalue weighted by Gasteiger charge is -2.29. The van der Waals surface area contributed by atoms with Crippen LogP contribution >= 0.6 is 11.6 Å². The Bertz CT molecular complexity index is 420. The van der Waals surface area contributed by atoms with E-state index in [4.69, 9.17) is 16.3 Å². The zero-order valence-electron chi connectivity index (χ0n) is 11.8. The van der Waals surface area contributed by atoms with E-state index in [-0.39, 0.29) is 5.38 Å². The molecule has 100 valence electrons. The van der Waals surface area contributed by atoms with Gasteiger partial charge in [-0.1, -0.05) is 45.9 Å². The molecule has 0 N–H and O–H groups in total. The van der Waals surface area contributed by atoms with Crippen LogP contribution in [0.25, 0.3) is 0 Å². The third-order valence-electron chi connectivity index (χ3n) is 4.15. The fraction of sp³-hybridized carbons (Fsp3) is 0.625. The van der Waals surface area contributed by atoms with Gasteiger partial charge in [0, 0.05) is 0 Å². The van der Waals surface area contributed by atoms with Crippen molar-refractivity contribution in [3.63, 3.8) is 0 Å². The molecule has 1 aromatic carbocycles. The van der Waals surface area contributed by atoms with Gasteiger partial charge >= 0.3 is 0 Å². The smallest absolute Gasteiger partial charge is 0.0725 e. The number of hydrogen-bond acceptors (Lipinski definition) is 1. The highest BCUT2D eigenvalue weighted by Crippen LogP contribution is 2.37. The maximum Gasteiger partial charge on any atom is 0.0725 e. The molecule has 0 amide bonds. The summed E-state index contributed by atoms with van der Waals surface area (Å²) in [5.41, 5.74) is 4.16. The Morgan fingerprint density at radius 3 is 2.56 bits per heavy atom. The average molecular weight is 267 g/mol. The Balaban J connectivity index is 2.07. The molecule has 2 unspecified atom stereocenters. The van der Waals surface area contributed by atoms with Gasteiger partial charge in [0.2, 0.25) is 0 Å². The number of alkyl halides is 1. The summed E-state index contributed by atoms with van der Waals surface area (Å²) in [6.45, 7) is 10.6. The molecule has 18 heavy (non-hydrogen) atoms. The second-order valence-electron chi connectivity index (χ2n) is 6.49. The molecule has 0 bridgehead atoms. The molecule has 2 heteroatoms. The van der Waals surface area contributed by atoms with Gasteiger partial charge in [0.25, 0.3) is 0 Å². The number of rotatable bonds is 3. The zero-order chi connectivity index (χ0) is 13.3. The van der Waals surface area contributed by atoms with E-state index in [9.17, 15) is 0 Å². The Morgan fingerprint density at radius 2 is 1.89 bits per heavy atom. The molecule has 2 atom stereocenters. The minimum atomic E-state index is 0.102. The number of fused-ring (bicyclic) bond motifs is 1. The summed E-state index contributed by atoms with van der Waals surface area (Å²) in [4.78, 5) is 0. The van der Waals surface area contributed by atoms with Gasteiger partial charge in [0.15, 0.2) is 0 Å². The molecule has 0 fully saturated rings. The van der Waals surface area contributed by atoms with Crippen LogP contribution in [0.1, 0.15) is 56.2 Å². The van der Waals surface area contributed by atoms with Gasteiger partial charge in [-0.3, -0.25) is 0 Å². The fourth-order valence-corrected chi connectivity index (χ4v) is 2.59. The summed E-state index contributed by atoms with van der Waals surface area (Å²) in [6, 6.07) is 6.53. The van der Waals surface area contributed by atoms with Crippen LogP contribution in [-0.4, -0.2) is 0 Å². The molecule has 0 saturated heterocycles. The topological polar surface area (TPSA) is 9.23 Å². The van der Waals surface area contributed by atoms with E-state index >= 15 is 0 Å². The second kappa shape index (κ2) is 5.22. The predicted molar refractivity (Wildman–Crippen MR) is 76.8 cm³/mol. The summed E-state index contributed by atoms with van der Waals surface area (Å²) < 4.78 is 5.44. The minimum Gasteiger partial charge on any atom is -0.372 e. The molecule has 0 radical (unpaired) electrons. The van der Waals surface area contributed by atoms with Crippen molar-refractivity contribution in [3.8, 4) is 0 Å². The first kappa shape index (κ1) is 13.9. The predicted octanol–water partition coefficient (Wildman–Crippen LogP) is 5.07. The summed E-state index contributed by atoms with van der Waals surface area (Å²) in [7, 11) is 0. The molecule has 2 rings (SSSR count). The lowest BCUT2D eigenvalue weighted by Crippen LogP contribution is -2.18. The van der Waals surface area contributed by atoms with Crippen LogP contribution in [0.15, 0.2) is 18.2 Å². The monoisotopic (exact) mass is 266 g/mol. The number of hydrogen-bond donors (Lipinski definition) is 0. The summed E-state index contributed by atoms with van der Waals surface area (Å²) in [5.74, 6) is 0.601. The summed E-state index contributed by atoms with van der Waals surface area (Å²) >= 11 is 6.57. The SMILES string of the molecule is CC(CC(Cl)c1ccc2c(c1)COC2)C(C)(C)C. The number of benzene rings is 1. The number of ether oxygens (including phenoxy) is 1. The van der Waals surface area contributed by atoms with Crippen molar-refractivity contribution >= 4 is 11.6 Å². The Kier molecular flexibility index (Phi) is 4.03. The van der Waals surface area contributed by atoms with Gasteiger partial charge in [-0.05, 0) is 34.4 Å². The van der Waals surface area contributed by atoms with E-state index in [1.165, 1.54) is 16.7 Å². The van der Waals surface area contributed by atoms with Crippen molar-refractivity contribution in [2.45, 2.75) is 52.7 Å². The fourth-order valence-electron chi connectivity index (χ4n) is 2.19. The van der Waals surface area contributed by atoms with E-state index in [0.29, 0.717) is 11.3 Å². The molecular weight excluding hydrogens is 244 g/mol. The van der Waals surface area contributed by atoms with E-state index in [0.717, 1.165) is 19.6 Å². The highest BCUT2D eigenvalue weighted by molar-refractivity contribution is 6.20. The van der Waals surface area contributed by atoms with Crippen LogP contribution in [0.4, 0.5) is 0 Å². The number of halogens is 1. The minimum absolute atomic E-state index is 0.102. The Morgan fingerprint density at radius 1 is 1.22 bits per heavy atom. The van der Waals surface area contributed by atoms with Crippen LogP contribution in [-0.2, 0) is 18.0 Å². The van der Waals surface area contributed by atoms with Gasteiger partial charge < -0.3 is 4.74 Å². The highest BCUT2D eigenvalue weighted by atomic mass is 35.5. The van der Waals surface area contributed by atoms with Gasteiger partial charge in [0.05, 0.1) is 18.6 Å². The second-order valence-corrected chi connectivity index (χ2v) is 7.02. The molecule has 1 heterocycles. The molecule has 0 spiro atoms. The third-order valence-corrected chi connectivity index (χ3v) is 4.58. The molecule has 1 aliphatic heterocycles. The molecule has 0 aliphatic carbocycles. The molecule has 0 aromatic heterocycles. The van der Waals surface area contributed by atoms with Crippen molar-refractivity contribution in [1.29, 1.82) is 0 Å². The third kappa shape index (κ3) is 3.07. The van der Waals surface area contributed by atoms with E-state index in [1.54, 1.807) is 0 Å². The van der Waals surface area contributed by atoms with Crippen LogP contribution in [0.3, 0.4) is 0 Å². The zero-order valence-corrected chi connectivity index (χ0v) is 12.6. The average Bonchev–Trinajstić information content (AvgIpc) is 2.74. The Labute approximate surface area is 115 Å².